The van der Waals surface area contributed by atoms with Crippen LogP contribution in [0, 0.1) is 0 Å². The molecule has 1 aromatic carbocycles. The molecule has 1 N–H and O–H groups in total. The second-order valence-electron chi connectivity index (χ2n) is 4.28. The summed E-state index contributed by atoms with van der Waals surface area (Å²) >= 11 is 1.89. The number of rotatable bonds is 4. The normalized spacial score (nSPS) is 19.0. The highest BCUT2D eigenvalue weighted by atomic mass is 32.2. The number of methoxy groups -OCH3 is 1. The Kier molecular flexibility index (Phi) is 4.18. The molecule has 94 valence electrons. The Labute approximate surface area is 107 Å². The maximum Gasteiger partial charge on any atom is 0.121 e. The lowest BCUT2D eigenvalue weighted by Gasteiger charge is -2.35. The third kappa shape index (κ3) is 2.69. The minimum absolute atomic E-state index is 0.278. The van der Waals surface area contributed by atoms with Crippen LogP contribution in [-0.2, 0) is 0 Å². The van der Waals surface area contributed by atoms with E-state index >= 15 is 0 Å². The highest BCUT2D eigenvalue weighted by Gasteiger charge is 2.23. The zero-order valence-corrected chi connectivity index (χ0v) is 11.2. The number of ether oxygens (including phenoxy) is 1. The Morgan fingerprint density at radius 2 is 2.35 bits per heavy atom. The minimum atomic E-state index is 0.278. The molecule has 0 spiro atoms. The Morgan fingerprint density at radius 1 is 1.53 bits per heavy atom. The molecule has 0 aliphatic carbocycles. The smallest absolute Gasteiger partial charge is 0.121 e. The van der Waals surface area contributed by atoms with Crippen molar-refractivity contribution in [1.82, 2.24) is 0 Å². The van der Waals surface area contributed by atoms with Crippen LogP contribution in [0.1, 0.15) is 12.8 Å². The predicted molar refractivity (Wildman–Crippen MR) is 72.2 cm³/mol. The van der Waals surface area contributed by atoms with Crippen molar-refractivity contribution in [3.05, 3.63) is 18.2 Å². The molecule has 0 radical (unpaired) electrons. The largest absolute Gasteiger partial charge is 0.497 e. The maximum absolute atomic E-state index is 8.92. The zero-order chi connectivity index (χ0) is 12.3. The van der Waals surface area contributed by atoms with Gasteiger partial charge in [-0.05, 0) is 25.0 Å². The van der Waals surface area contributed by atoms with Crippen LogP contribution in [-0.4, -0.2) is 37.7 Å². The van der Waals surface area contributed by atoms with E-state index in [2.05, 4.69) is 24.1 Å². The van der Waals surface area contributed by atoms with E-state index in [1.807, 2.05) is 17.8 Å². The molecule has 2 rings (SSSR count). The van der Waals surface area contributed by atoms with Gasteiger partial charge in [0.1, 0.15) is 5.75 Å². The van der Waals surface area contributed by atoms with Crippen molar-refractivity contribution in [2.24, 2.45) is 0 Å². The quantitative estimate of drug-likeness (QED) is 0.893. The zero-order valence-electron chi connectivity index (χ0n) is 10.3. The van der Waals surface area contributed by atoms with Crippen LogP contribution in [0.2, 0.25) is 0 Å². The fraction of sp³-hybridized carbons (Fsp3) is 0.538. The number of thioether (sulfide) groups is 1. The maximum atomic E-state index is 8.92. The predicted octanol–water partition coefficient (Wildman–Crippen LogP) is 2.38. The molecule has 17 heavy (non-hydrogen) atoms. The van der Waals surface area contributed by atoms with Gasteiger partial charge in [0.15, 0.2) is 0 Å². The molecule has 1 heterocycles. The second kappa shape index (κ2) is 5.65. The van der Waals surface area contributed by atoms with Gasteiger partial charge in [-0.15, -0.1) is 11.8 Å². The van der Waals surface area contributed by atoms with E-state index in [0.29, 0.717) is 6.04 Å². The average molecular weight is 253 g/mol. The molecule has 0 fully saturated rings. The summed E-state index contributed by atoms with van der Waals surface area (Å²) in [6.07, 6.45) is 1.91. The summed E-state index contributed by atoms with van der Waals surface area (Å²) in [7, 11) is 3.82. The van der Waals surface area contributed by atoms with E-state index in [1.54, 1.807) is 7.11 Å². The first-order valence-electron chi connectivity index (χ1n) is 5.90. The average Bonchev–Trinajstić information content (AvgIpc) is 2.38. The lowest BCUT2D eigenvalue weighted by Crippen LogP contribution is -2.36. The molecule has 1 unspecified atom stereocenters. The van der Waals surface area contributed by atoms with Gasteiger partial charge in [-0.25, -0.2) is 0 Å². The van der Waals surface area contributed by atoms with Gasteiger partial charge in [-0.1, -0.05) is 0 Å². The van der Waals surface area contributed by atoms with E-state index < -0.39 is 0 Å². The van der Waals surface area contributed by atoms with E-state index in [0.717, 1.165) is 24.3 Å². The van der Waals surface area contributed by atoms with Crippen molar-refractivity contribution < 1.29 is 9.84 Å². The van der Waals surface area contributed by atoms with Crippen LogP contribution in [0.5, 0.6) is 5.75 Å². The molecular weight excluding hydrogens is 234 g/mol. The first-order chi connectivity index (χ1) is 8.26. The van der Waals surface area contributed by atoms with Crippen LogP contribution in [0.25, 0.3) is 0 Å². The molecule has 3 nitrogen and oxygen atoms in total. The van der Waals surface area contributed by atoms with Crippen LogP contribution >= 0.6 is 11.8 Å². The van der Waals surface area contributed by atoms with E-state index in [9.17, 15) is 0 Å². The van der Waals surface area contributed by atoms with Gasteiger partial charge in [-0.3, -0.25) is 0 Å². The van der Waals surface area contributed by atoms with Gasteiger partial charge < -0.3 is 14.7 Å². The third-order valence-corrected chi connectivity index (χ3v) is 4.43. The second-order valence-corrected chi connectivity index (χ2v) is 5.34. The van der Waals surface area contributed by atoms with Crippen molar-refractivity contribution >= 4 is 17.4 Å². The monoisotopic (exact) mass is 253 g/mol. The molecule has 4 heteroatoms. The van der Waals surface area contributed by atoms with Crippen molar-refractivity contribution in [1.29, 1.82) is 0 Å². The molecule has 1 aliphatic rings. The summed E-state index contributed by atoms with van der Waals surface area (Å²) in [6, 6.07) is 6.73. The van der Waals surface area contributed by atoms with Crippen molar-refractivity contribution in [2.75, 3.05) is 31.4 Å². The number of hydrogen-bond donors (Lipinski definition) is 1. The minimum Gasteiger partial charge on any atom is -0.497 e. The molecule has 0 bridgehead atoms. The third-order valence-electron chi connectivity index (χ3n) is 3.22. The van der Waals surface area contributed by atoms with Crippen LogP contribution in [0.15, 0.2) is 23.1 Å². The van der Waals surface area contributed by atoms with Gasteiger partial charge in [0.05, 0.1) is 12.8 Å². The number of aliphatic hydroxyl groups excluding tert-OH is 1. The van der Waals surface area contributed by atoms with Crippen molar-refractivity contribution in [3.63, 3.8) is 0 Å². The van der Waals surface area contributed by atoms with E-state index in [1.165, 1.54) is 10.6 Å². The first kappa shape index (κ1) is 12.6. The van der Waals surface area contributed by atoms with Gasteiger partial charge in [0.2, 0.25) is 0 Å². The molecule has 1 atom stereocenters. The molecule has 1 aliphatic heterocycles. The van der Waals surface area contributed by atoms with Crippen molar-refractivity contribution in [2.45, 2.75) is 23.8 Å². The first-order valence-corrected chi connectivity index (χ1v) is 6.89. The fourth-order valence-corrected chi connectivity index (χ4v) is 3.40. The number of hydrogen-bond acceptors (Lipinski definition) is 4. The summed E-state index contributed by atoms with van der Waals surface area (Å²) in [4.78, 5) is 3.62. The molecule has 0 amide bonds. The summed E-state index contributed by atoms with van der Waals surface area (Å²) in [5.74, 6) is 1.99. The number of anilines is 1. The lowest BCUT2D eigenvalue weighted by atomic mass is 10.1. The number of benzene rings is 1. The standard InChI is InChI=1S/C13H19NO2S/c1-14-10(4-3-7-15)9-17-13-6-5-11(16-2)8-12(13)14/h5-6,8,10,15H,3-4,7,9H2,1-2H3. The molecule has 0 aromatic heterocycles. The summed E-state index contributed by atoms with van der Waals surface area (Å²) in [5.41, 5.74) is 1.24. The molecular formula is C13H19NO2S. The summed E-state index contributed by atoms with van der Waals surface area (Å²) in [6.45, 7) is 0.278. The molecule has 1 aromatic rings. The van der Waals surface area contributed by atoms with Crippen LogP contribution in [0.4, 0.5) is 5.69 Å². The van der Waals surface area contributed by atoms with Crippen LogP contribution < -0.4 is 9.64 Å². The highest BCUT2D eigenvalue weighted by molar-refractivity contribution is 7.99. The van der Waals surface area contributed by atoms with Gasteiger partial charge >= 0.3 is 0 Å². The molecule has 0 saturated carbocycles. The molecule has 0 saturated heterocycles. The Balaban J connectivity index is 2.18. The Hall–Kier alpha value is -0.870. The summed E-state index contributed by atoms with van der Waals surface area (Å²) in [5, 5.41) is 8.92. The van der Waals surface area contributed by atoms with Gasteiger partial charge in [0.25, 0.3) is 0 Å². The number of fused-ring (bicyclic) bond motifs is 1. The Bertz CT molecular complexity index is 384. The highest BCUT2D eigenvalue weighted by Crippen LogP contribution is 2.39. The SMILES string of the molecule is COc1ccc2c(c1)N(C)C(CCCO)CS2. The fourth-order valence-electron chi connectivity index (χ4n) is 2.12. The van der Waals surface area contributed by atoms with Crippen molar-refractivity contribution in [3.8, 4) is 5.75 Å². The van der Waals surface area contributed by atoms with E-state index in [4.69, 9.17) is 9.84 Å². The van der Waals surface area contributed by atoms with Gasteiger partial charge in [-0.2, -0.15) is 0 Å². The summed E-state index contributed by atoms with van der Waals surface area (Å²) < 4.78 is 5.27. The topological polar surface area (TPSA) is 32.7 Å². The number of nitrogens with zero attached hydrogens (tertiary/aromatic N) is 1. The van der Waals surface area contributed by atoms with E-state index in [-0.39, 0.29) is 6.61 Å². The Morgan fingerprint density at radius 3 is 3.06 bits per heavy atom. The van der Waals surface area contributed by atoms with Crippen LogP contribution in [0.3, 0.4) is 0 Å². The lowest BCUT2D eigenvalue weighted by molar-refractivity contribution is 0.280. The number of aliphatic hydroxyl groups is 1. The van der Waals surface area contributed by atoms with Gasteiger partial charge in [0, 0.05) is 36.4 Å².